The Hall–Kier alpha value is -2.67. The number of nitrogens with one attached hydrogen (secondary N) is 1. The Bertz CT molecular complexity index is 910. The van der Waals surface area contributed by atoms with Crippen LogP contribution in [0, 0.1) is 6.92 Å². The molecule has 0 spiro atoms. The molecule has 0 radical (unpaired) electrons. The van der Waals surface area contributed by atoms with Crippen molar-refractivity contribution in [3.8, 4) is 17.1 Å². The van der Waals surface area contributed by atoms with E-state index >= 15 is 0 Å². The maximum absolute atomic E-state index is 12.2. The highest BCUT2D eigenvalue weighted by molar-refractivity contribution is 7.99. The van der Waals surface area contributed by atoms with Crippen LogP contribution < -0.4 is 5.32 Å². The molecule has 0 aliphatic rings. The number of thioether (sulfide) groups is 1. The normalized spacial score (nSPS) is 10.8. The molecule has 0 fully saturated rings. The number of hydrogen-bond acceptors (Lipinski definition) is 5. The Balaban J connectivity index is 1.83. The zero-order chi connectivity index (χ0) is 19.8. The zero-order valence-electron chi connectivity index (χ0n) is 16.3. The molecule has 2 aromatic heterocycles. The largest absolute Gasteiger partial charge is 0.355 e. The first-order chi connectivity index (χ1) is 13.7. The second-order valence-electron chi connectivity index (χ2n) is 6.52. The van der Waals surface area contributed by atoms with E-state index in [0.717, 1.165) is 42.6 Å². The van der Waals surface area contributed by atoms with Crippen LogP contribution in [0.2, 0.25) is 0 Å². The van der Waals surface area contributed by atoms with Crippen molar-refractivity contribution >= 4 is 17.7 Å². The van der Waals surface area contributed by atoms with Crippen molar-refractivity contribution < 1.29 is 4.79 Å². The molecule has 146 valence electrons. The van der Waals surface area contributed by atoms with Crippen LogP contribution in [0.3, 0.4) is 0 Å². The first kappa shape index (κ1) is 20.1. The molecule has 0 bridgehead atoms. The SMILES string of the molecule is CCCCCNC(=O)CSc1nnc(-c2cccnc2)n1-c1ccccc1C. The second kappa shape index (κ2) is 10.0. The van der Waals surface area contributed by atoms with Gasteiger partial charge in [-0.1, -0.05) is 49.7 Å². The Morgan fingerprint density at radius 1 is 1.14 bits per heavy atom. The summed E-state index contributed by atoms with van der Waals surface area (Å²) in [7, 11) is 0. The summed E-state index contributed by atoms with van der Waals surface area (Å²) in [6.45, 7) is 4.92. The fourth-order valence-electron chi connectivity index (χ4n) is 2.86. The second-order valence-corrected chi connectivity index (χ2v) is 7.46. The van der Waals surface area contributed by atoms with Crippen molar-refractivity contribution in [3.05, 3.63) is 54.4 Å². The van der Waals surface area contributed by atoms with Gasteiger partial charge in [0.2, 0.25) is 5.91 Å². The van der Waals surface area contributed by atoms with Gasteiger partial charge in [-0.05, 0) is 37.1 Å². The number of amides is 1. The minimum Gasteiger partial charge on any atom is -0.355 e. The number of carbonyl (C=O) groups excluding carboxylic acids is 1. The van der Waals surface area contributed by atoms with Crippen LogP contribution in [0.15, 0.2) is 53.9 Å². The fourth-order valence-corrected chi connectivity index (χ4v) is 3.64. The molecule has 0 aliphatic carbocycles. The number of hydrogen-bond donors (Lipinski definition) is 1. The van der Waals surface area contributed by atoms with Crippen LogP contribution >= 0.6 is 11.8 Å². The third kappa shape index (κ3) is 4.98. The van der Waals surface area contributed by atoms with Crippen molar-refractivity contribution in [1.82, 2.24) is 25.1 Å². The number of aromatic nitrogens is 4. The van der Waals surface area contributed by atoms with E-state index in [1.165, 1.54) is 11.8 Å². The average Bonchev–Trinajstić information content (AvgIpc) is 3.14. The number of carbonyl (C=O) groups is 1. The van der Waals surface area contributed by atoms with Gasteiger partial charge in [-0.3, -0.25) is 14.3 Å². The number of pyridine rings is 1. The molecular formula is C21H25N5OS. The first-order valence-corrected chi connectivity index (χ1v) is 10.5. The average molecular weight is 396 g/mol. The van der Waals surface area contributed by atoms with Gasteiger partial charge in [0.1, 0.15) is 0 Å². The summed E-state index contributed by atoms with van der Waals surface area (Å²) in [6.07, 6.45) is 6.78. The van der Waals surface area contributed by atoms with Gasteiger partial charge in [0, 0.05) is 24.5 Å². The van der Waals surface area contributed by atoms with E-state index in [9.17, 15) is 4.79 Å². The molecule has 0 atom stereocenters. The topological polar surface area (TPSA) is 72.7 Å². The van der Waals surface area contributed by atoms with Crippen LogP contribution in [0.4, 0.5) is 0 Å². The Kier molecular flexibility index (Phi) is 7.19. The van der Waals surface area contributed by atoms with Crippen LogP contribution in [-0.2, 0) is 4.79 Å². The van der Waals surface area contributed by atoms with E-state index in [1.54, 1.807) is 12.4 Å². The van der Waals surface area contributed by atoms with Crippen LogP contribution in [-0.4, -0.2) is 38.0 Å². The number of rotatable bonds is 9. The van der Waals surface area contributed by atoms with Gasteiger partial charge < -0.3 is 5.32 Å². The third-order valence-corrected chi connectivity index (χ3v) is 5.27. The maximum Gasteiger partial charge on any atom is 0.230 e. The van der Waals surface area contributed by atoms with Crippen molar-refractivity contribution in [2.24, 2.45) is 0 Å². The molecule has 0 unspecified atom stereocenters. The van der Waals surface area contributed by atoms with E-state index in [-0.39, 0.29) is 5.91 Å². The summed E-state index contributed by atoms with van der Waals surface area (Å²) in [6, 6.07) is 11.9. The minimum atomic E-state index is 0.0170. The summed E-state index contributed by atoms with van der Waals surface area (Å²) >= 11 is 1.39. The van der Waals surface area contributed by atoms with E-state index in [0.29, 0.717) is 16.7 Å². The smallest absolute Gasteiger partial charge is 0.230 e. The molecule has 3 aromatic rings. The molecule has 7 heteroatoms. The predicted octanol–water partition coefficient (Wildman–Crippen LogP) is 4.04. The summed E-state index contributed by atoms with van der Waals surface area (Å²) in [4.78, 5) is 16.4. The Morgan fingerprint density at radius 2 is 2.00 bits per heavy atom. The van der Waals surface area contributed by atoms with E-state index in [4.69, 9.17) is 0 Å². The lowest BCUT2D eigenvalue weighted by molar-refractivity contribution is -0.118. The lowest BCUT2D eigenvalue weighted by Gasteiger charge is -2.12. The molecule has 0 aliphatic heterocycles. The highest BCUT2D eigenvalue weighted by Crippen LogP contribution is 2.28. The van der Waals surface area contributed by atoms with Crippen LogP contribution in [0.5, 0.6) is 0 Å². The summed E-state index contributed by atoms with van der Waals surface area (Å²) in [5.41, 5.74) is 2.99. The maximum atomic E-state index is 12.2. The van der Waals surface area contributed by atoms with Gasteiger partial charge in [0.15, 0.2) is 11.0 Å². The van der Waals surface area contributed by atoms with Gasteiger partial charge in [-0.15, -0.1) is 10.2 Å². The monoisotopic (exact) mass is 395 g/mol. The third-order valence-electron chi connectivity index (χ3n) is 4.34. The molecule has 0 saturated carbocycles. The number of nitrogens with zero attached hydrogens (tertiary/aromatic N) is 4. The Labute approximate surface area is 169 Å². The summed E-state index contributed by atoms with van der Waals surface area (Å²) in [5, 5.41) is 12.4. The molecule has 1 amide bonds. The summed E-state index contributed by atoms with van der Waals surface area (Å²) in [5.74, 6) is 1.04. The first-order valence-electron chi connectivity index (χ1n) is 9.52. The standard InChI is InChI=1S/C21H25N5OS/c1-3-4-7-13-23-19(27)15-28-21-25-24-20(17-10-8-12-22-14-17)26(21)18-11-6-5-9-16(18)2/h5-6,8-12,14H,3-4,7,13,15H2,1-2H3,(H,23,27). The molecular weight excluding hydrogens is 370 g/mol. The number of unbranched alkanes of at least 4 members (excludes halogenated alkanes) is 2. The highest BCUT2D eigenvalue weighted by Gasteiger charge is 2.18. The Morgan fingerprint density at radius 3 is 2.75 bits per heavy atom. The number of benzene rings is 1. The molecule has 0 saturated heterocycles. The lowest BCUT2D eigenvalue weighted by Crippen LogP contribution is -2.26. The fraction of sp³-hybridized carbons (Fsp3) is 0.333. The number of aryl methyl sites for hydroxylation is 1. The van der Waals surface area contributed by atoms with E-state index in [1.807, 2.05) is 34.9 Å². The summed E-state index contributed by atoms with van der Waals surface area (Å²) < 4.78 is 2.00. The van der Waals surface area contributed by atoms with Crippen LogP contribution in [0.1, 0.15) is 31.7 Å². The molecule has 1 aromatic carbocycles. The minimum absolute atomic E-state index is 0.0170. The molecule has 2 heterocycles. The van der Waals surface area contributed by atoms with Crippen molar-refractivity contribution in [1.29, 1.82) is 0 Å². The van der Waals surface area contributed by atoms with E-state index in [2.05, 4.69) is 40.4 Å². The number of para-hydroxylation sites is 1. The lowest BCUT2D eigenvalue weighted by atomic mass is 10.2. The quantitative estimate of drug-likeness (QED) is 0.437. The zero-order valence-corrected chi connectivity index (χ0v) is 17.1. The van der Waals surface area contributed by atoms with Gasteiger partial charge >= 0.3 is 0 Å². The van der Waals surface area contributed by atoms with Crippen molar-refractivity contribution in [2.45, 2.75) is 38.3 Å². The highest BCUT2D eigenvalue weighted by atomic mass is 32.2. The molecule has 1 N–H and O–H groups in total. The molecule has 6 nitrogen and oxygen atoms in total. The van der Waals surface area contributed by atoms with Crippen molar-refractivity contribution in [2.75, 3.05) is 12.3 Å². The molecule has 3 rings (SSSR count). The van der Waals surface area contributed by atoms with Gasteiger partial charge in [-0.25, -0.2) is 0 Å². The predicted molar refractivity (Wildman–Crippen MR) is 113 cm³/mol. The van der Waals surface area contributed by atoms with Crippen LogP contribution in [0.25, 0.3) is 17.1 Å². The van der Waals surface area contributed by atoms with E-state index < -0.39 is 0 Å². The molecule has 28 heavy (non-hydrogen) atoms. The van der Waals surface area contributed by atoms with Gasteiger partial charge in [-0.2, -0.15) is 0 Å². The van der Waals surface area contributed by atoms with Crippen molar-refractivity contribution in [3.63, 3.8) is 0 Å². The van der Waals surface area contributed by atoms with Gasteiger partial charge in [0.05, 0.1) is 11.4 Å². The van der Waals surface area contributed by atoms with Gasteiger partial charge in [0.25, 0.3) is 0 Å².